The fraction of sp³-hybridized carbons (Fsp3) is 0.609. The Morgan fingerprint density at radius 1 is 0.793 bits per heavy atom. The third kappa shape index (κ3) is 12.7. The van der Waals surface area contributed by atoms with Gasteiger partial charge in [-0.3, -0.25) is 14.4 Å². The summed E-state index contributed by atoms with van der Waals surface area (Å²) in [5.74, 6) is -1.09. The minimum Gasteiger partial charge on any atom is -0.481 e. The van der Waals surface area contributed by atoms with Crippen LogP contribution >= 0.6 is 0 Å². The van der Waals surface area contributed by atoms with E-state index in [2.05, 4.69) is 17.6 Å². The van der Waals surface area contributed by atoms with Crippen LogP contribution in [0.5, 0.6) is 0 Å². The van der Waals surface area contributed by atoms with Crippen molar-refractivity contribution in [3.05, 3.63) is 29.8 Å². The maximum Gasteiger partial charge on any atom is 0.303 e. The molecule has 29 heavy (non-hydrogen) atoms. The molecule has 0 heterocycles. The molecule has 6 nitrogen and oxygen atoms in total. The van der Waals surface area contributed by atoms with Gasteiger partial charge in [-0.15, -0.1) is 0 Å². The van der Waals surface area contributed by atoms with E-state index in [1.807, 2.05) is 0 Å². The van der Waals surface area contributed by atoms with Crippen LogP contribution in [0.4, 0.5) is 5.69 Å². The van der Waals surface area contributed by atoms with Gasteiger partial charge in [0.15, 0.2) is 0 Å². The number of anilines is 1. The van der Waals surface area contributed by atoms with Crippen molar-refractivity contribution in [1.29, 1.82) is 0 Å². The lowest BCUT2D eigenvalue weighted by atomic mass is 10.1. The average Bonchev–Trinajstić information content (AvgIpc) is 2.70. The Morgan fingerprint density at radius 3 is 2.00 bits per heavy atom. The molecule has 6 heteroatoms. The van der Waals surface area contributed by atoms with Gasteiger partial charge < -0.3 is 15.7 Å². The number of carboxylic acid groups (broad SMARTS) is 1. The van der Waals surface area contributed by atoms with Gasteiger partial charge in [0.1, 0.15) is 0 Å². The van der Waals surface area contributed by atoms with Gasteiger partial charge in [0.25, 0.3) is 5.91 Å². The van der Waals surface area contributed by atoms with E-state index in [-0.39, 0.29) is 24.7 Å². The third-order valence-electron chi connectivity index (χ3n) is 4.79. The van der Waals surface area contributed by atoms with Gasteiger partial charge in [-0.25, -0.2) is 0 Å². The number of rotatable bonds is 16. The fourth-order valence-corrected chi connectivity index (χ4v) is 3.05. The summed E-state index contributed by atoms with van der Waals surface area (Å²) in [6.45, 7) is 2.91. The Morgan fingerprint density at radius 2 is 1.38 bits per heavy atom. The molecule has 0 radical (unpaired) electrons. The topological polar surface area (TPSA) is 95.5 Å². The Kier molecular flexibility index (Phi) is 13.2. The van der Waals surface area contributed by atoms with E-state index in [1.54, 1.807) is 24.3 Å². The van der Waals surface area contributed by atoms with Crippen molar-refractivity contribution in [2.24, 2.45) is 0 Å². The third-order valence-corrected chi connectivity index (χ3v) is 4.79. The van der Waals surface area contributed by atoms with E-state index in [0.29, 0.717) is 30.6 Å². The summed E-state index contributed by atoms with van der Waals surface area (Å²) < 4.78 is 0. The van der Waals surface area contributed by atoms with Crippen molar-refractivity contribution < 1.29 is 19.5 Å². The minimum atomic E-state index is -0.846. The van der Waals surface area contributed by atoms with Crippen LogP contribution in [0.1, 0.15) is 94.3 Å². The van der Waals surface area contributed by atoms with E-state index < -0.39 is 5.97 Å². The number of unbranched alkanes of at least 4 members (excludes halogenated alkanes) is 8. The second-order valence-electron chi connectivity index (χ2n) is 7.46. The van der Waals surface area contributed by atoms with E-state index >= 15 is 0 Å². The first-order valence-electron chi connectivity index (χ1n) is 10.9. The quantitative estimate of drug-likeness (QED) is 0.332. The molecule has 162 valence electrons. The maximum absolute atomic E-state index is 12.2. The molecular formula is C23H36N2O4. The molecule has 0 saturated heterocycles. The van der Waals surface area contributed by atoms with Crippen LogP contribution < -0.4 is 10.6 Å². The molecule has 1 rings (SSSR count). The normalized spacial score (nSPS) is 10.5. The Balaban J connectivity index is 2.18. The lowest BCUT2D eigenvalue weighted by molar-refractivity contribution is -0.137. The zero-order valence-corrected chi connectivity index (χ0v) is 17.7. The lowest BCUT2D eigenvalue weighted by Gasteiger charge is -2.08. The molecule has 1 aromatic rings. The van der Waals surface area contributed by atoms with Crippen molar-refractivity contribution in [1.82, 2.24) is 5.32 Å². The zero-order valence-electron chi connectivity index (χ0n) is 17.7. The van der Waals surface area contributed by atoms with Gasteiger partial charge in [-0.2, -0.15) is 0 Å². The van der Waals surface area contributed by atoms with Gasteiger partial charge in [0.2, 0.25) is 5.91 Å². The highest BCUT2D eigenvalue weighted by molar-refractivity contribution is 5.95. The number of amides is 2. The van der Waals surface area contributed by atoms with Gasteiger partial charge in [-0.1, -0.05) is 51.9 Å². The molecule has 0 fully saturated rings. The minimum absolute atomic E-state index is 0.0794. The Labute approximate surface area is 174 Å². The van der Waals surface area contributed by atoms with Crippen molar-refractivity contribution in [2.75, 3.05) is 11.9 Å². The number of hydrogen-bond acceptors (Lipinski definition) is 3. The summed E-state index contributed by atoms with van der Waals surface area (Å²) in [6.07, 6.45) is 11.3. The van der Waals surface area contributed by atoms with E-state index in [4.69, 9.17) is 5.11 Å². The number of carboxylic acids is 1. The molecule has 0 aromatic heterocycles. The maximum atomic E-state index is 12.2. The number of hydrogen-bond donors (Lipinski definition) is 3. The second-order valence-corrected chi connectivity index (χ2v) is 7.46. The number of benzene rings is 1. The number of carbonyl (C=O) groups excluding carboxylic acids is 2. The monoisotopic (exact) mass is 404 g/mol. The van der Waals surface area contributed by atoms with Crippen LogP contribution in [0.15, 0.2) is 24.3 Å². The number of carbonyl (C=O) groups is 3. The van der Waals surface area contributed by atoms with E-state index in [1.165, 1.54) is 38.5 Å². The highest BCUT2D eigenvalue weighted by Crippen LogP contribution is 2.12. The van der Waals surface area contributed by atoms with Gasteiger partial charge >= 0.3 is 5.97 Å². The van der Waals surface area contributed by atoms with Gasteiger partial charge in [0, 0.05) is 30.6 Å². The van der Waals surface area contributed by atoms with E-state index in [0.717, 1.165) is 12.8 Å². The molecule has 0 bridgehead atoms. The van der Waals surface area contributed by atoms with E-state index in [9.17, 15) is 14.4 Å². The largest absolute Gasteiger partial charge is 0.481 e. The summed E-state index contributed by atoms with van der Waals surface area (Å²) in [5, 5.41) is 14.3. The van der Waals surface area contributed by atoms with Gasteiger partial charge in [-0.05, 0) is 43.5 Å². The van der Waals surface area contributed by atoms with Crippen LogP contribution in [0.25, 0.3) is 0 Å². The summed E-state index contributed by atoms with van der Waals surface area (Å²) in [7, 11) is 0. The molecule has 2 amide bonds. The molecule has 0 aliphatic carbocycles. The molecule has 0 spiro atoms. The Bertz CT molecular complexity index is 614. The average molecular weight is 405 g/mol. The summed E-state index contributed by atoms with van der Waals surface area (Å²) in [4.78, 5) is 34.5. The van der Waals surface area contributed by atoms with Crippen LogP contribution in [0.2, 0.25) is 0 Å². The van der Waals surface area contributed by atoms with Crippen LogP contribution in [0.3, 0.4) is 0 Å². The second kappa shape index (κ2) is 15.5. The van der Waals surface area contributed by atoms with Crippen LogP contribution in [0, 0.1) is 0 Å². The molecule has 0 saturated carbocycles. The first-order chi connectivity index (χ1) is 14.0. The van der Waals surface area contributed by atoms with Crippen molar-refractivity contribution in [3.8, 4) is 0 Å². The molecule has 3 N–H and O–H groups in total. The molecule has 0 aliphatic rings. The van der Waals surface area contributed by atoms with Crippen LogP contribution in [-0.4, -0.2) is 29.4 Å². The predicted octanol–water partition coefficient (Wildman–Crippen LogP) is 5.14. The fourth-order valence-electron chi connectivity index (χ4n) is 3.05. The lowest BCUT2D eigenvalue weighted by Crippen LogP contribution is -2.24. The van der Waals surface area contributed by atoms with Crippen molar-refractivity contribution >= 4 is 23.5 Å². The van der Waals surface area contributed by atoms with Crippen molar-refractivity contribution in [3.63, 3.8) is 0 Å². The highest BCUT2D eigenvalue weighted by atomic mass is 16.4. The Hall–Kier alpha value is -2.37. The first kappa shape index (κ1) is 24.7. The predicted molar refractivity (Wildman–Crippen MR) is 116 cm³/mol. The summed E-state index contributed by atoms with van der Waals surface area (Å²) in [5.41, 5.74) is 1.21. The van der Waals surface area contributed by atoms with Crippen molar-refractivity contribution in [2.45, 2.75) is 84.0 Å². The molecule has 0 atom stereocenters. The summed E-state index contributed by atoms with van der Waals surface area (Å²) in [6, 6.07) is 6.81. The molecular weight excluding hydrogens is 368 g/mol. The first-order valence-corrected chi connectivity index (χ1v) is 10.9. The van der Waals surface area contributed by atoms with Gasteiger partial charge in [0.05, 0.1) is 0 Å². The number of aliphatic carboxylic acids is 1. The summed E-state index contributed by atoms with van der Waals surface area (Å²) >= 11 is 0. The van der Waals surface area contributed by atoms with Crippen LogP contribution in [-0.2, 0) is 9.59 Å². The smallest absolute Gasteiger partial charge is 0.303 e. The highest BCUT2D eigenvalue weighted by Gasteiger charge is 2.07. The molecule has 0 aliphatic heterocycles. The SMILES string of the molecule is CCCCCCCCCCNC(=O)c1ccc(NC(=O)CCCCC(=O)O)cc1. The standard InChI is InChI=1S/C23H36N2O4/c1-2-3-4-5-6-7-8-11-18-24-23(29)19-14-16-20(17-15-19)25-21(26)12-9-10-13-22(27)28/h14-17H,2-13,18H2,1H3,(H,24,29)(H,25,26)(H,27,28). The molecule has 1 aromatic carbocycles. The molecule has 0 unspecified atom stereocenters. The number of nitrogens with one attached hydrogen (secondary N) is 2. The zero-order chi connectivity index (χ0) is 21.3.